The summed E-state index contributed by atoms with van der Waals surface area (Å²) >= 11 is 0. The first-order chi connectivity index (χ1) is 16.0. The van der Waals surface area contributed by atoms with Gasteiger partial charge in [-0.3, -0.25) is 4.79 Å². The summed E-state index contributed by atoms with van der Waals surface area (Å²) in [6.45, 7) is 0. The molecule has 34 heavy (non-hydrogen) atoms. The van der Waals surface area contributed by atoms with Gasteiger partial charge in [0.1, 0.15) is 11.5 Å². The Hall–Kier alpha value is -3.88. The number of hydrogen-bond donors (Lipinski definition) is 2. The summed E-state index contributed by atoms with van der Waals surface area (Å²) in [5.41, 5.74) is 15.3. The summed E-state index contributed by atoms with van der Waals surface area (Å²) in [5.74, 6) is 1.82. The number of halogens is 1. The van der Waals surface area contributed by atoms with Crippen LogP contribution in [0.4, 0.5) is 0 Å². The van der Waals surface area contributed by atoms with Crippen molar-refractivity contribution in [2.45, 2.75) is 12.5 Å². The third-order valence-corrected chi connectivity index (χ3v) is 5.31. The second-order valence-electron chi connectivity index (χ2n) is 7.48. The average molecular weight is 481 g/mol. The number of ether oxygens (including phenoxy) is 2. The molecule has 9 heteroatoms. The molecule has 0 radical (unpaired) electrons. The molecule has 0 aliphatic rings. The van der Waals surface area contributed by atoms with Crippen LogP contribution in [-0.2, 0) is 11.2 Å². The third-order valence-electron chi connectivity index (χ3n) is 5.31. The van der Waals surface area contributed by atoms with E-state index >= 15 is 0 Å². The van der Waals surface area contributed by atoms with Crippen LogP contribution in [0.2, 0.25) is 0 Å². The Kier molecular flexibility index (Phi) is 7.88. The first-order valence-electron chi connectivity index (χ1n) is 10.3. The van der Waals surface area contributed by atoms with E-state index in [4.69, 9.17) is 25.5 Å². The van der Waals surface area contributed by atoms with E-state index in [9.17, 15) is 4.79 Å². The number of amides is 1. The monoisotopic (exact) mass is 480 g/mol. The molecule has 1 amide bonds. The predicted molar refractivity (Wildman–Crippen MR) is 132 cm³/mol. The molecule has 1 aromatic heterocycles. The average Bonchev–Trinajstić information content (AvgIpc) is 3.34. The Bertz CT molecular complexity index is 1260. The van der Waals surface area contributed by atoms with Crippen molar-refractivity contribution in [2.24, 2.45) is 11.5 Å². The lowest BCUT2D eigenvalue weighted by atomic mass is 10.0. The van der Waals surface area contributed by atoms with Crippen molar-refractivity contribution >= 4 is 18.3 Å². The van der Waals surface area contributed by atoms with Gasteiger partial charge < -0.3 is 25.5 Å². The molecule has 176 valence electrons. The zero-order valence-electron chi connectivity index (χ0n) is 18.7. The van der Waals surface area contributed by atoms with Crippen LogP contribution in [0.25, 0.3) is 34.0 Å². The zero-order valence-corrected chi connectivity index (χ0v) is 19.5. The summed E-state index contributed by atoms with van der Waals surface area (Å²) < 4.78 is 16.3. The third kappa shape index (κ3) is 5.36. The lowest BCUT2D eigenvalue weighted by Crippen LogP contribution is -2.38. The van der Waals surface area contributed by atoms with E-state index in [1.165, 1.54) is 0 Å². The fourth-order valence-corrected chi connectivity index (χ4v) is 3.44. The van der Waals surface area contributed by atoms with Gasteiger partial charge in [0.15, 0.2) is 0 Å². The number of aromatic nitrogens is 2. The lowest BCUT2D eigenvalue weighted by Gasteiger charge is -2.10. The predicted octanol–water partition coefficient (Wildman–Crippen LogP) is 3.86. The van der Waals surface area contributed by atoms with Crippen LogP contribution in [0.1, 0.15) is 5.56 Å². The Morgan fingerprint density at radius 3 is 2.21 bits per heavy atom. The highest BCUT2D eigenvalue weighted by Gasteiger charge is 2.15. The van der Waals surface area contributed by atoms with Crippen LogP contribution in [0.15, 0.2) is 71.3 Å². The van der Waals surface area contributed by atoms with Gasteiger partial charge in [0, 0.05) is 16.7 Å². The quantitative estimate of drug-likeness (QED) is 0.392. The number of methoxy groups -OCH3 is 2. The zero-order chi connectivity index (χ0) is 23.4. The van der Waals surface area contributed by atoms with E-state index in [1.54, 1.807) is 14.2 Å². The van der Waals surface area contributed by atoms with Crippen molar-refractivity contribution in [3.05, 3.63) is 72.3 Å². The minimum absolute atomic E-state index is 0. The van der Waals surface area contributed by atoms with Crippen molar-refractivity contribution in [2.75, 3.05) is 14.2 Å². The molecule has 4 aromatic rings. The second-order valence-corrected chi connectivity index (χ2v) is 7.48. The molecule has 4 rings (SSSR count). The Labute approximate surface area is 203 Å². The number of carbonyl (C=O) groups is 1. The first kappa shape index (κ1) is 24.8. The second kappa shape index (κ2) is 10.8. The molecule has 0 bridgehead atoms. The molecule has 0 fully saturated rings. The van der Waals surface area contributed by atoms with E-state index in [0.29, 0.717) is 18.1 Å². The number of rotatable bonds is 8. The molecule has 0 saturated carbocycles. The summed E-state index contributed by atoms with van der Waals surface area (Å²) in [7, 11) is 3.26. The van der Waals surface area contributed by atoms with Crippen molar-refractivity contribution < 1.29 is 18.8 Å². The molecule has 0 aliphatic heterocycles. The van der Waals surface area contributed by atoms with Crippen LogP contribution in [0, 0.1) is 0 Å². The van der Waals surface area contributed by atoms with Gasteiger partial charge in [-0.2, -0.15) is 4.98 Å². The van der Waals surface area contributed by atoms with Crippen molar-refractivity contribution in [3.8, 4) is 45.5 Å². The Morgan fingerprint density at radius 1 is 0.941 bits per heavy atom. The normalized spacial score (nSPS) is 11.4. The van der Waals surface area contributed by atoms with Gasteiger partial charge in [0.2, 0.25) is 11.7 Å². The number of nitrogens with two attached hydrogens (primary N) is 2. The molecule has 0 unspecified atom stereocenters. The minimum Gasteiger partial charge on any atom is -0.497 e. The van der Waals surface area contributed by atoms with Crippen molar-refractivity contribution in [1.29, 1.82) is 0 Å². The fraction of sp³-hybridized carbons (Fsp3) is 0.160. The summed E-state index contributed by atoms with van der Waals surface area (Å²) in [5, 5.41) is 4.12. The molecule has 4 N–H and O–H groups in total. The van der Waals surface area contributed by atoms with Crippen LogP contribution >= 0.6 is 12.4 Å². The molecular weight excluding hydrogens is 456 g/mol. The standard InChI is InChI=1S/C25H24N4O4.ClH/c1-31-19-10-7-16(8-11-19)20-14-18(9-12-22(20)32-2)25-28-24(29-33-25)17-5-3-15(4-6-17)13-21(26)23(27)30;/h3-12,14,21H,13,26H2,1-2H3,(H2,27,30);1H/t21-;/m0./s1. The number of carbonyl (C=O) groups excluding carboxylic acids is 1. The highest BCUT2D eigenvalue weighted by Crippen LogP contribution is 2.35. The van der Waals surface area contributed by atoms with Gasteiger partial charge in [-0.1, -0.05) is 41.6 Å². The van der Waals surface area contributed by atoms with Gasteiger partial charge in [-0.15, -0.1) is 12.4 Å². The molecule has 0 spiro atoms. The lowest BCUT2D eigenvalue weighted by molar-refractivity contribution is -0.119. The molecule has 1 heterocycles. The fourth-order valence-electron chi connectivity index (χ4n) is 3.44. The highest BCUT2D eigenvalue weighted by atomic mass is 35.5. The van der Waals surface area contributed by atoms with Crippen LogP contribution < -0.4 is 20.9 Å². The maximum atomic E-state index is 11.2. The SMILES string of the molecule is COc1ccc(-c2cc(-c3nc(-c4ccc(C[C@H](N)C(N)=O)cc4)no3)ccc2OC)cc1.Cl. The molecule has 3 aromatic carbocycles. The van der Waals surface area contributed by atoms with Crippen molar-refractivity contribution in [3.63, 3.8) is 0 Å². The molecule has 1 atom stereocenters. The molecule has 0 saturated heterocycles. The summed E-state index contributed by atoms with van der Waals surface area (Å²) in [6.07, 6.45) is 0.368. The Morgan fingerprint density at radius 2 is 1.59 bits per heavy atom. The number of nitrogens with zero attached hydrogens (tertiary/aromatic N) is 2. The number of benzene rings is 3. The van der Waals surface area contributed by atoms with Gasteiger partial charge in [0.05, 0.1) is 20.3 Å². The van der Waals surface area contributed by atoms with Crippen LogP contribution in [0.3, 0.4) is 0 Å². The van der Waals surface area contributed by atoms with E-state index in [-0.39, 0.29) is 12.4 Å². The summed E-state index contributed by atoms with van der Waals surface area (Å²) in [4.78, 5) is 15.7. The maximum absolute atomic E-state index is 11.2. The highest BCUT2D eigenvalue weighted by molar-refractivity contribution is 5.85. The van der Waals surface area contributed by atoms with Gasteiger partial charge in [-0.05, 0) is 47.9 Å². The topological polar surface area (TPSA) is 126 Å². The smallest absolute Gasteiger partial charge is 0.258 e. The summed E-state index contributed by atoms with van der Waals surface area (Å²) in [6, 6.07) is 20.1. The van der Waals surface area contributed by atoms with Crippen molar-refractivity contribution in [1.82, 2.24) is 10.1 Å². The van der Waals surface area contributed by atoms with E-state index in [1.807, 2.05) is 66.7 Å². The maximum Gasteiger partial charge on any atom is 0.258 e. The number of primary amides is 1. The number of hydrogen-bond acceptors (Lipinski definition) is 7. The molecular formula is C25H25ClN4O4. The first-order valence-corrected chi connectivity index (χ1v) is 10.3. The largest absolute Gasteiger partial charge is 0.497 e. The molecule has 0 aliphatic carbocycles. The van der Waals surface area contributed by atoms with Gasteiger partial charge in [0.25, 0.3) is 5.89 Å². The van der Waals surface area contributed by atoms with Gasteiger partial charge >= 0.3 is 0 Å². The minimum atomic E-state index is -0.720. The Balaban J connectivity index is 0.00000324. The van der Waals surface area contributed by atoms with E-state index < -0.39 is 11.9 Å². The van der Waals surface area contributed by atoms with E-state index in [0.717, 1.165) is 39.3 Å². The van der Waals surface area contributed by atoms with Crippen LogP contribution in [-0.4, -0.2) is 36.3 Å². The van der Waals surface area contributed by atoms with Crippen LogP contribution in [0.5, 0.6) is 11.5 Å². The van der Waals surface area contributed by atoms with Gasteiger partial charge in [-0.25, -0.2) is 0 Å². The van der Waals surface area contributed by atoms with E-state index in [2.05, 4.69) is 10.1 Å². The molecule has 8 nitrogen and oxygen atoms in total.